The molecule has 1 aromatic rings. The van der Waals surface area contributed by atoms with Gasteiger partial charge in [-0.05, 0) is 15.9 Å². The van der Waals surface area contributed by atoms with Gasteiger partial charge in [0.15, 0.2) is 5.84 Å². The maximum Gasteiger partial charge on any atom is 0.180 e. The third kappa shape index (κ3) is 2.11. The Morgan fingerprint density at radius 1 is 1.77 bits per heavy atom. The summed E-state index contributed by atoms with van der Waals surface area (Å²) >= 11 is 4.76. The van der Waals surface area contributed by atoms with Crippen molar-refractivity contribution >= 4 is 33.1 Å². The number of nitrogens with one attached hydrogen (secondary N) is 1. The van der Waals surface area contributed by atoms with Crippen LogP contribution in [-0.4, -0.2) is 12.9 Å². The van der Waals surface area contributed by atoms with Gasteiger partial charge < -0.3 is 16.0 Å². The first-order valence-electron chi connectivity index (χ1n) is 3.31. The van der Waals surface area contributed by atoms with Crippen LogP contribution >= 0.6 is 27.3 Å². The Bertz CT molecular complexity index is 324. The zero-order chi connectivity index (χ0) is 9.84. The summed E-state index contributed by atoms with van der Waals surface area (Å²) in [5.74, 6) is 11.4. The summed E-state index contributed by atoms with van der Waals surface area (Å²) in [7, 11) is 1.57. The van der Waals surface area contributed by atoms with Gasteiger partial charge in [0.05, 0.1) is 10.9 Å². The molecule has 0 aliphatic heterocycles. The highest BCUT2D eigenvalue weighted by molar-refractivity contribution is 9.11. The van der Waals surface area contributed by atoms with Gasteiger partial charge in [-0.25, -0.2) is 5.84 Å². The molecule has 1 heterocycles. The molecular weight excluding hydrogens is 256 g/mol. The first-order chi connectivity index (χ1) is 6.22. The van der Waals surface area contributed by atoms with Crippen LogP contribution in [0.3, 0.4) is 0 Å². The van der Waals surface area contributed by atoms with Crippen molar-refractivity contribution in [3.63, 3.8) is 0 Å². The summed E-state index contributed by atoms with van der Waals surface area (Å²) in [6.07, 6.45) is 0. The molecule has 5 nitrogen and oxygen atoms in total. The number of methoxy groups -OCH3 is 1. The van der Waals surface area contributed by atoms with E-state index in [9.17, 15) is 0 Å². The van der Waals surface area contributed by atoms with Gasteiger partial charge in [-0.2, -0.15) is 5.10 Å². The van der Waals surface area contributed by atoms with Gasteiger partial charge in [-0.1, -0.05) is 0 Å². The van der Waals surface area contributed by atoms with Crippen LogP contribution in [-0.2, 0) is 0 Å². The van der Waals surface area contributed by atoms with Gasteiger partial charge in [0.1, 0.15) is 10.6 Å². The molecule has 0 aliphatic rings. The van der Waals surface area contributed by atoms with Crippen molar-refractivity contribution in [2.24, 2.45) is 16.8 Å². The molecule has 1 rings (SSSR count). The molecule has 0 fully saturated rings. The van der Waals surface area contributed by atoms with Crippen molar-refractivity contribution in [1.29, 1.82) is 0 Å². The molecule has 0 aliphatic carbocycles. The lowest BCUT2D eigenvalue weighted by Crippen LogP contribution is -2.31. The fourth-order valence-corrected chi connectivity index (χ4v) is 2.33. The molecule has 1 aromatic heterocycles. The van der Waals surface area contributed by atoms with Gasteiger partial charge in [0, 0.05) is 6.07 Å². The number of hydrogen-bond donors (Lipinski definition) is 3. The molecule has 5 N–H and O–H groups in total. The number of hydrogen-bond acceptors (Lipinski definition) is 5. The minimum absolute atomic E-state index is 0.396. The highest BCUT2D eigenvalue weighted by atomic mass is 79.9. The number of rotatable bonds is 2. The van der Waals surface area contributed by atoms with E-state index in [2.05, 4.69) is 26.5 Å². The van der Waals surface area contributed by atoms with E-state index in [0.29, 0.717) is 11.6 Å². The molecular formula is C6H9BrN4OS. The molecule has 0 unspecified atom stereocenters. The largest absolute Gasteiger partial charge is 0.495 e. The van der Waals surface area contributed by atoms with E-state index in [0.717, 1.165) is 8.66 Å². The first kappa shape index (κ1) is 10.3. The molecule has 72 valence electrons. The topological polar surface area (TPSA) is 85.7 Å². The van der Waals surface area contributed by atoms with Crippen LogP contribution in [0.1, 0.15) is 4.88 Å². The highest BCUT2D eigenvalue weighted by Crippen LogP contribution is 2.32. The number of amidine groups is 1. The number of ether oxygens (including phenoxy) is 1. The lowest BCUT2D eigenvalue weighted by atomic mass is 10.4. The monoisotopic (exact) mass is 264 g/mol. The molecule has 0 saturated carbocycles. The average molecular weight is 265 g/mol. The summed E-state index contributed by atoms with van der Waals surface area (Å²) in [5, 5.41) is 3.49. The maximum absolute atomic E-state index is 5.22. The van der Waals surface area contributed by atoms with Crippen LogP contribution in [0, 0.1) is 0 Å². The third-order valence-electron chi connectivity index (χ3n) is 1.37. The summed E-state index contributed by atoms with van der Waals surface area (Å²) in [6.45, 7) is 0. The van der Waals surface area contributed by atoms with Crippen molar-refractivity contribution in [3.8, 4) is 5.75 Å². The molecule has 0 aromatic carbocycles. The number of halogens is 1. The standard InChI is InChI=1S/C6H9BrN4OS/c1-12-3-2-4(7)13-5(3)6(10-8)11-9/h2H,8-9H2,1H3,(H,10,11). The van der Waals surface area contributed by atoms with E-state index < -0.39 is 0 Å². The second-order valence-corrected chi connectivity index (χ2v) is 4.50. The molecule has 0 bridgehead atoms. The zero-order valence-corrected chi connectivity index (χ0v) is 9.28. The molecule has 0 spiro atoms. The van der Waals surface area contributed by atoms with Crippen LogP contribution in [0.2, 0.25) is 0 Å². The van der Waals surface area contributed by atoms with Gasteiger partial charge in [0.2, 0.25) is 0 Å². The lowest BCUT2D eigenvalue weighted by Gasteiger charge is -2.03. The number of nitrogens with zero attached hydrogens (tertiary/aromatic N) is 1. The minimum atomic E-state index is 0.396. The Labute approximate surface area is 87.8 Å². The molecule has 0 atom stereocenters. The smallest absolute Gasteiger partial charge is 0.180 e. The first-order valence-corrected chi connectivity index (χ1v) is 4.92. The molecule has 0 saturated heterocycles. The van der Waals surface area contributed by atoms with E-state index in [4.69, 9.17) is 16.4 Å². The summed E-state index contributed by atoms with van der Waals surface area (Å²) < 4.78 is 6.03. The zero-order valence-electron chi connectivity index (χ0n) is 6.87. The normalized spacial score (nSPS) is 11.5. The Balaban J connectivity index is 3.11. The Hall–Kier alpha value is -0.790. The average Bonchev–Trinajstić information content (AvgIpc) is 2.49. The van der Waals surface area contributed by atoms with Crippen molar-refractivity contribution in [3.05, 3.63) is 14.7 Å². The number of hydrazone groups is 1. The summed E-state index contributed by atoms with van der Waals surface area (Å²) in [4.78, 5) is 0.763. The second kappa shape index (κ2) is 4.45. The van der Waals surface area contributed by atoms with Crippen molar-refractivity contribution < 1.29 is 4.74 Å². The van der Waals surface area contributed by atoms with E-state index in [1.54, 1.807) is 7.11 Å². The molecule has 0 radical (unpaired) electrons. The second-order valence-electron chi connectivity index (χ2n) is 2.07. The summed E-state index contributed by atoms with van der Waals surface area (Å²) in [5.41, 5.74) is 2.39. The lowest BCUT2D eigenvalue weighted by molar-refractivity contribution is 0.415. The Morgan fingerprint density at radius 2 is 2.46 bits per heavy atom. The molecule has 13 heavy (non-hydrogen) atoms. The number of thiophene rings is 1. The van der Waals surface area contributed by atoms with E-state index in [1.807, 2.05) is 6.07 Å². The molecule has 0 amide bonds. The maximum atomic E-state index is 5.22. The van der Waals surface area contributed by atoms with E-state index in [1.165, 1.54) is 11.3 Å². The van der Waals surface area contributed by atoms with Crippen LogP contribution in [0.25, 0.3) is 0 Å². The fraction of sp³-hybridized carbons (Fsp3) is 0.167. The SMILES string of the molecule is COc1cc(Br)sc1/C(=N/N)NN. The van der Waals surface area contributed by atoms with Crippen molar-refractivity contribution in [2.45, 2.75) is 0 Å². The third-order valence-corrected chi connectivity index (χ3v) is 2.99. The van der Waals surface area contributed by atoms with Crippen LogP contribution in [0.15, 0.2) is 15.0 Å². The number of nitrogens with two attached hydrogens (primary N) is 2. The van der Waals surface area contributed by atoms with Crippen LogP contribution in [0.4, 0.5) is 0 Å². The van der Waals surface area contributed by atoms with Gasteiger partial charge in [0.25, 0.3) is 0 Å². The van der Waals surface area contributed by atoms with Crippen LogP contribution in [0.5, 0.6) is 5.75 Å². The number of hydrazine groups is 1. The predicted molar refractivity (Wildman–Crippen MR) is 56.6 cm³/mol. The van der Waals surface area contributed by atoms with Gasteiger partial charge >= 0.3 is 0 Å². The Morgan fingerprint density at radius 3 is 2.92 bits per heavy atom. The van der Waals surface area contributed by atoms with Crippen LogP contribution < -0.4 is 21.8 Å². The van der Waals surface area contributed by atoms with Crippen molar-refractivity contribution in [2.75, 3.05) is 7.11 Å². The predicted octanol–water partition coefficient (Wildman–Crippen LogP) is 0.603. The van der Waals surface area contributed by atoms with Gasteiger partial charge in [-0.15, -0.1) is 11.3 Å². The van der Waals surface area contributed by atoms with Gasteiger partial charge in [-0.3, -0.25) is 0 Å². The minimum Gasteiger partial charge on any atom is -0.495 e. The van der Waals surface area contributed by atoms with E-state index in [-0.39, 0.29) is 0 Å². The van der Waals surface area contributed by atoms with Crippen molar-refractivity contribution in [1.82, 2.24) is 5.43 Å². The highest BCUT2D eigenvalue weighted by Gasteiger charge is 2.13. The summed E-state index contributed by atoms with van der Waals surface area (Å²) in [6, 6.07) is 1.82. The quantitative estimate of drug-likeness (QED) is 0.316. The fourth-order valence-electron chi connectivity index (χ4n) is 0.824. The van der Waals surface area contributed by atoms with E-state index >= 15 is 0 Å². The Kier molecular flexibility index (Phi) is 3.52. The molecule has 7 heteroatoms.